The van der Waals surface area contributed by atoms with E-state index in [1.54, 1.807) is 0 Å². The quantitative estimate of drug-likeness (QED) is 0.558. The zero-order valence-electron chi connectivity index (χ0n) is 14.1. The molecule has 0 spiro atoms. The molecule has 0 aliphatic rings. The molecule has 0 aliphatic carbocycles. The van der Waals surface area contributed by atoms with Crippen molar-refractivity contribution in [3.8, 4) is 5.75 Å². The van der Waals surface area contributed by atoms with Crippen molar-refractivity contribution in [1.29, 1.82) is 0 Å². The number of carbonyl (C=O) groups is 1. The van der Waals surface area contributed by atoms with Gasteiger partial charge in [-0.25, -0.2) is 0 Å². The van der Waals surface area contributed by atoms with Gasteiger partial charge < -0.3 is 15.2 Å². The first-order chi connectivity index (χ1) is 11.7. The molecule has 0 radical (unpaired) electrons. The minimum atomic E-state index is -0.377. The molecule has 1 unspecified atom stereocenters. The summed E-state index contributed by atoms with van der Waals surface area (Å²) in [6.45, 7) is 3.12. The van der Waals surface area contributed by atoms with Gasteiger partial charge in [0.2, 0.25) is 0 Å². The molecule has 0 aliphatic heterocycles. The SMILES string of the molecule is CCCCOc1ccc(C(N)CC(=O)OCc2ccccc2)cc1. The van der Waals surface area contributed by atoms with E-state index in [1.165, 1.54) is 0 Å². The second-order valence-corrected chi connectivity index (χ2v) is 5.73. The molecule has 2 aromatic carbocycles. The van der Waals surface area contributed by atoms with E-state index >= 15 is 0 Å². The third-order valence-electron chi connectivity index (χ3n) is 3.70. The molecule has 0 fully saturated rings. The van der Waals surface area contributed by atoms with Gasteiger partial charge in [-0.3, -0.25) is 4.79 Å². The molecule has 4 nitrogen and oxygen atoms in total. The van der Waals surface area contributed by atoms with Crippen LogP contribution in [0.1, 0.15) is 43.4 Å². The van der Waals surface area contributed by atoms with Crippen LogP contribution in [0, 0.1) is 0 Å². The van der Waals surface area contributed by atoms with Crippen LogP contribution in [0.2, 0.25) is 0 Å². The third kappa shape index (κ3) is 6.05. The maximum Gasteiger partial charge on any atom is 0.308 e. The molecule has 4 heteroatoms. The fourth-order valence-electron chi connectivity index (χ4n) is 2.24. The first-order valence-corrected chi connectivity index (χ1v) is 8.37. The number of nitrogens with two attached hydrogens (primary N) is 1. The lowest BCUT2D eigenvalue weighted by Gasteiger charge is -2.13. The number of hydrogen-bond acceptors (Lipinski definition) is 4. The Morgan fingerprint density at radius 3 is 2.46 bits per heavy atom. The summed E-state index contributed by atoms with van der Waals surface area (Å²) in [7, 11) is 0. The van der Waals surface area contributed by atoms with Gasteiger partial charge in [0.25, 0.3) is 0 Å². The molecule has 128 valence electrons. The molecule has 0 saturated heterocycles. The Hall–Kier alpha value is -2.33. The van der Waals surface area contributed by atoms with Gasteiger partial charge in [0.1, 0.15) is 12.4 Å². The number of benzene rings is 2. The van der Waals surface area contributed by atoms with Crippen LogP contribution >= 0.6 is 0 Å². The van der Waals surface area contributed by atoms with Crippen molar-refractivity contribution in [3.63, 3.8) is 0 Å². The van der Waals surface area contributed by atoms with Crippen molar-refractivity contribution in [1.82, 2.24) is 0 Å². The lowest BCUT2D eigenvalue weighted by Crippen LogP contribution is -2.17. The van der Waals surface area contributed by atoms with Crippen LogP contribution in [0.15, 0.2) is 54.6 Å². The molecule has 1 atom stereocenters. The van der Waals surface area contributed by atoms with E-state index in [2.05, 4.69) is 6.92 Å². The molecule has 2 aromatic rings. The zero-order valence-corrected chi connectivity index (χ0v) is 14.1. The van der Waals surface area contributed by atoms with E-state index in [-0.39, 0.29) is 25.0 Å². The molecule has 2 N–H and O–H groups in total. The number of ether oxygens (including phenoxy) is 2. The van der Waals surface area contributed by atoms with E-state index in [0.717, 1.165) is 29.7 Å². The fourth-order valence-corrected chi connectivity index (χ4v) is 2.24. The predicted octanol–water partition coefficient (Wildman–Crippen LogP) is 4.00. The standard InChI is InChI=1S/C20H25NO3/c1-2-3-13-23-18-11-9-17(10-12-18)19(21)14-20(22)24-15-16-7-5-4-6-8-16/h4-12,19H,2-3,13-15,21H2,1H3. The number of esters is 1. The normalized spacial score (nSPS) is 11.8. The zero-order chi connectivity index (χ0) is 17.2. The van der Waals surface area contributed by atoms with Gasteiger partial charge in [-0.05, 0) is 29.7 Å². The number of hydrogen-bond donors (Lipinski definition) is 1. The minimum Gasteiger partial charge on any atom is -0.494 e. The summed E-state index contributed by atoms with van der Waals surface area (Å²) in [6.07, 6.45) is 2.30. The Labute approximate surface area is 143 Å². The number of rotatable bonds is 9. The second-order valence-electron chi connectivity index (χ2n) is 5.73. The highest BCUT2D eigenvalue weighted by molar-refractivity contribution is 5.70. The maximum atomic E-state index is 11.9. The van der Waals surface area contributed by atoms with Crippen molar-refractivity contribution < 1.29 is 14.3 Å². The van der Waals surface area contributed by atoms with Crippen LogP contribution < -0.4 is 10.5 Å². The molecular formula is C20H25NO3. The summed E-state index contributed by atoms with van der Waals surface area (Å²) in [4.78, 5) is 11.9. The molecule has 0 amide bonds. The molecule has 0 heterocycles. The monoisotopic (exact) mass is 327 g/mol. The average molecular weight is 327 g/mol. The summed E-state index contributed by atoms with van der Waals surface area (Å²) < 4.78 is 10.9. The van der Waals surface area contributed by atoms with Crippen LogP contribution in [-0.2, 0) is 16.1 Å². The highest BCUT2D eigenvalue weighted by atomic mass is 16.5. The van der Waals surface area contributed by atoms with Crippen LogP contribution in [0.3, 0.4) is 0 Å². The lowest BCUT2D eigenvalue weighted by molar-refractivity contribution is -0.145. The first kappa shape index (κ1) is 18.0. The average Bonchev–Trinajstić information content (AvgIpc) is 2.61. The molecule has 0 bridgehead atoms. The van der Waals surface area contributed by atoms with Gasteiger partial charge in [0.15, 0.2) is 0 Å². The van der Waals surface area contributed by atoms with Crippen molar-refractivity contribution in [2.45, 2.75) is 38.8 Å². The minimum absolute atomic E-state index is 0.156. The van der Waals surface area contributed by atoms with Gasteiger partial charge in [0, 0.05) is 6.04 Å². The van der Waals surface area contributed by atoms with Crippen molar-refractivity contribution in [2.75, 3.05) is 6.61 Å². The van der Waals surface area contributed by atoms with E-state index in [0.29, 0.717) is 6.61 Å². The van der Waals surface area contributed by atoms with Crippen LogP contribution in [-0.4, -0.2) is 12.6 Å². The molecule has 0 saturated carbocycles. The largest absolute Gasteiger partial charge is 0.494 e. The van der Waals surface area contributed by atoms with Gasteiger partial charge in [0.05, 0.1) is 13.0 Å². The van der Waals surface area contributed by atoms with E-state index in [4.69, 9.17) is 15.2 Å². The highest BCUT2D eigenvalue weighted by Gasteiger charge is 2.13. The van der Waals surface area contributed by atoms with E-state index < -0.39 is 0 Å². The highest BCUT2D eigenvalue weighted by Crippen LogP contribution is 2.19. The summed E-state index contributed by atoms with van der Waals surface area (Å²) in [5, 5.41) is 0. The van der Waals surface area contributed by atoms with Crippen molar-refractivity contribution in [3.05, 3.63) is 65.7 Å². The van der Waals surface area contributed by atoms with Gasteiger partial charge in [-0.1, -0.05) is 55.8 Å². The predicted molar refractivity (Wildman–Crippen MR) is 94.6 cm³/mol. The summed E-state index contributed by atoms with van der Waals surface area (Å²) in [5.74, 6) is 0.528. The Balaban J connectivity index is 1.78. The Morgan fingerprint density at radius 2 is 1.79 bits per heavy atom. The number of unbranched alkanes of at least 4 members (excludes halogenated alkanes) is 1. The molecule has 0 aromatic heterocycles. The topological polar surface area (TPSA) is 61.5 Å². The maximum absolute atomic E-state index is 11.9. The molecular weight excluding hydrogens is 302 g/mol. The van der Waals surface area contributed by atoms with Crippen LogP contribution in [0.25, 0.3) is 0 Å². The third-order valence-corrected chi connectivity index (χ3v) is 3.70. The lowest BCUT2D eigenvalue weighted by atomic mass is 10.0. The van der Waals surface area contributed by atoms with Crippen LogP contribution in [0.4, 0.5) is 0 Å². The van der Waals surface area contributed by atoms with Crippen LogP contribution in [0.5, 0.6) is 5.75 Å². The van der Waals surface area contributed by atoms with Gasteiger partial charge >= 0.3 is 5.97 Å². The Morgan fingerprint density at radius 1 is 1.08 bits per heavy atom. The molecule has 24 heavy (non-hydrogen) atoms. The summed E-state index contributed by atoms with van der Waals surface area (Å²) in [6, 6.07) is 16.8. The Bertz CT molecular complexity index is 611. The Kier molecular flexibility index (Phi) is 7.30. The first-order valence-electron chi connectivity index (χ1n) is 8.37. The molecule has 2 rings (SSSR count). The summed E-state index contributed by atoms with van der Waals surface area (Å²) >= 11 is 0. The van der Waals surface area contributed by atoms with Crippen molar-refractivity contribution >= 4 is 5.97 Å². The van der Waals surface area contributed by atoms with Gasteiger partial charge in [-0.15, -0.1) is 0 Å². The fraction of sp³-hybridized carbons (Fsp3) is 0.350. The number of carbonyl (C=O) groups excluding carboxylic acids is 1. The smallest absolute Gasteiger partial charge is 0.308 e. The summed E-state index contributed by atoms with van der Waals surface area (Å²) in [5.41, 5.74) is 7.96. The van der Waals surface area contributed by atoms with E-state index in [9.17, 15) is 4.79 Å². The van der Waals surface area contributed by atoms with E-state index in [1.807, 2.05) is 54.6 Å². The van der Waals surface area contributed by atoms with Gasteiger partial charge in [-0.2, -0.15) is 0 Å². The van der Waals surface area contributed by atoms with Crippen molar-refractivity contribution in [2.24, 2.45) is 5.73 Å². The second kappa shape index (κ2) is 9.73.